The third kappa shape index (κ3) is 3.43. The van der Waals surface area contributed by atoms with Gasteiger partial charge in [0.05, 0.1) is 0 Å². The van der Waals surface area contributed by atoms with Crippen molar-refractivity contribution in [3.63, 3.8) is 0 Å². The summed E-state index contributed by atoms with van der Waals surface area (Å²) in [5.74, 6) is 0.194. The molecule has 3 aromatic rings. The van der Waals surface area contributed by atoms with Gasteiger partial charge in [0.1, 0.15) is 5.58 Å². The number of rotatable bonds is 3. The average Bonchev–Trinajstić information content (AvgIpc) is 3.05. The van der Waals surface area contributed by atoms with Gasteiger partial charge in [-0.1, -0.05) is 18.2 Å². The third-order valence-electron chi connectivity index (χ3n) is 5.14. The average molecular weight is 363 g/mol. The topological polar surface area (TPSA) is 75.4 Å². The molecule has 3 heterocycles. The van der Waals surface area contributed by atoms with Gasteiger partial charge in [-0.25, -0.2) is 0 Å². The highest BCUT2D eigenvalue weighted by molar-refractivity contribution is 5.99. The van der Waals surface area contributed by atoms with Gasteiger partial charge in [-0.2, -0.15) is 0 Å². The van der Waals surface area contributed by atoms with Crippen molar-refractivity contribution in [2.75, 3.05) is 18.4 Å². The van der Waals surface area contributed by atoms with E-state index in [0.29, 0.717) is 31.7 Å². The van der Waals surface area contributed by atoms with Gasteiger partial charge in [0, 0.05) is 48.0 Å². The summed E-state index contributed by atoms with van der Waals surface area (Å²) < 4.78 is 5.79. The smallest absolute Gasteiger partial charge is 0.289 e. The van der Waals surface area contributed by atoms with Crippen molar-refractivity contribution in [2.45, 2.75) is 19.8 Å². The molecule has 1 aliphatic heterocycles. The summed E-state index contributed by atoms with van der Waals surface area (Å²) in [5.41, 5.74) is 2.34. The Labute approximate surface area is 157 Å². The van der Waals surface area contributed by atoms with Crippen LogP contribution in [0.2, 0.25) is 0 Å². The van der Waals surface area contributed by atoms with Gasteiger partial charge in [-0.15, -0.1) is 0 Å². The standard InChI is InChI=1S/C21H21N3O3/c1-14-17-4-2-3-5-18(17)27-19(14)21(26)24-12-8-15(9-13-24)20(25)23-16-6-10-22-11-7-16/h2-7,10-11,15H,8-9,12-13H2,1H3,(H,22,23,25). The van der Waals surface area contributed by atoms with Gasteiger partial charge in [-0.05, 0) is 38.0 Å². The minimum Gasteiger partial charge on any atom is -0.451 e. The quantitative estimate of drug-likeness (QED) is 0.771. The fraction of sp³-hybridized carbons (Fsp3) is 0.286. The first-order valence-corrected chi connectivity index (χ1v) is 9.12. The van der Waals surface area contributed by atoms with E-state index in [1.54, 1.807) is 29.4 Å². The Morgan fingerprint density at radius 2 is 1.81 bits per heavy atom. The number of piperidine rings is 1. The summed E-state index contributed by atoms with van der Waals surface area (Å²) in [6.45, 7) is 3.00. The Morgan fingerprint density at radius 3 is 2.52 bits per heavy atom. The molecule has 0 aliphatic carbocycles. The highest BCUT2D eigenvalue weighted by Crippen LogP contribution is 2.27. The van der Waals surface area contributed by atoms with Crippen molar-refractivity contribution in [3.05, 3.63) is 60.1 Å². The van der Waals surface area contributed by atoms with Gasteiger partial charge in [0.2, 0.25) is 5.91 Å². The van der Waals surface area contributed by atoms with Crippen LogP contribution < -0.4 is 5.32 Å². The highest BCUT2D eigenvalue weighted by atomic mass is 16.3. The summed E-state index contributed by atoms with van der Waals surface area (Å²) in [7, 11) is 0. The number of nitrogens with zero attached hydrogens (tertiary/aromatic N) is 2. The number of aromatic nitrogens is 1. The molecule has 1 N–H and O–H groups in total. The molecular weight excluding hydrogens is 342 g/mol. The molecule has 0 saturated carbocycles. The third-order valence-corrected chi connectivity index (χ3v) is 5.14. The molecule has 0 spiro atoms. The molecule has 6 heteroatoms. The number of furan rings is 1. The Bertz CT molecular complexity index is 973. The maximum absolute atomic E-state index is 12.9. The lowest BCUT2D eigenvalue weighted by atomic mass is 9.95. The number of amides is 2. The second-order valence-electron chi connectivity index (χ2n) is 6.84. The number of pyridine rings is 1. The maximum Gasteiger partial charge on any atom is 0.289 e. The SMILES string of the molecule is Cc1c(C(=O)N2CCC(C(=O)Nc3ccncc3)CC2)oc2ccccc12. The second kappa shape index (κ2) is 7.23. The molecule has 2 amide bonds. The van der Waals surface area contributed by atoms with Crippen molar-refractivity contribution < 1.29 is 14.0 Å². The molecule has 0 bridgehead atoms. The first-order chi connectivity index (χ1) is 13.1. The van der Waals surface area contributed by atoms with Crippen molar-refractivity contribution in [1.82, 2.24) is 9.88 Å². The largest absolute Gasteiger partial charge is 0.451 e. The molecule has 1 aliphatic rings. The van der Waals surface area contributed by atoms with E-state index >= 15 is 0 Å². The summed E-state index contributed by atoms with van der Waals surface area (Å²) >= 11 is 0. The van der Waals surface area contributed by atoms with Crippen LogP contribution in [0.25, 0.3) is 11.0 Å². The van der Waals surface area contributed by atoms with Gasteiger partial charge in [0.25, 0.3) is 5.91 Å². The molecule has 1 aromatic carbocycles. The van der Waals surface area contributed by atoms with E-state index in [-0.39, 0.29) is 17.7 Å². The molecule has 0 unspecified atom stereocenters. The lowest BCUT2D eigenvalue weighted by Gasteiger charge is -2.30. The number of anilines is 1. The summed E-state index contributed by atoms with van der Waals surface area (Å²) in [5, 5.41) is 3.88. The van der Waals surface area contributed by atoms with E-state index in [0.717, 1.165) is 22.2 Å². The predicted octanol–water partition coefficient (Wildman–Crippen LogP) is 3.63. The lowest BCUT2D eigenvalue weighted by molar-refractivity contribution is -0.121. The Kier molecular flexibility index (Phi) is 4.62. The van der Waals surface area contributed by atoms with Gasteiger partial charge in [0.15, 0.2) is 5.76 Å². The lowest BCUT2D eigenvalue weighted by Crippen LogP contribution is -2.41. The molecule has 1 fully saturated rings. The van der Waals surface area contributed by atoms with E-state index in [2.05, 4.69) is 10.3 Å². The summed E-state index contributed by atoms with van der Waals surface area (Å²) in [4.78, 5) is 31.0. The number of aryl methyl sites for hydroxylation is 1. The van der Waals surface area contributed by atoms with Crippen LogP contribution in [-0.4, -0.2) is 34.8 Å². The molecule has 138 valence electrons. The number of hydrogen-bond acceptors (Lipinski definition) is 4. The van der Waals surface area contributed by atoms with E-state index < -0.39 is 0 Å². The number of likely N-dealkylation sites (tertiary alicyclic amines) is 1. The van der Waals surface area contributed by atoms with E-state index in [1.165, 1.54) is 0 Å². The van der Waals surface area contributed by atoms with Crippen molar-refractivity contribution >= 4 is 28.5 Å². The second-order valence-corrected chi connectivity index (χ2v) is 6.84. The van der Waals surface area contributed by atoms with Gasteiger partial charge in [-0.3, -0.25) is 14.6 Å². The minimum atomic E-state index is -0.100. The van der Waals surface area contributed by atoms with E-state index in [9.17, 15) is 9.59 Å². The zero-order chi connectivity index (χ0) is 18.8. The zero-order valence-electron chi connectivity index (χ0n) is 15.1. The van der Waals surface area contributed by atoms with Crippen LogP contribution in [0.15, 0.2) is 53.2 Å². The van der Waals surface area contributed by atoms with Crippen molar-refractivity contribution in [3.8, 4) is 0 Å². The molecule has 6 nitrogen and oxygen atoms in total. The van der Waals surface area contributed by atoms with Crippen LogP contribution in [0.3, 0.4) is 0 Å². The monoisotopic (exact) mass is 363 g/mol. The van der Waals surface area contributed by atoms with Gasteiger partial charge >= 0.3 is 0 Å². The number of carbonyl (C=O) groups is 2. The van der Waals surface area contributed by atoms with Crippen LogP contribution in [0.4, 0.5) is 5.69 Å². The Morgan fingerprint density at radius 1 is 1.11 bits per heavy atom. The first kappa shape index (κ1) is 17.3. The molecule has 4 rings (SSSR count). The van der Waals surface area contributed by atoms with Crippen LogP contribution >= 0.6 is 0 Å². The number of carbonyl (C=O) groups excluding carboxylic acids is 2. The molecule has 2 aromatic heterocycles. The summed E-state index contributed by atoms with van der Waals surface area (Å²) in [6.07, 6.45) is 4.57. The fourth-order valence-corrected chi connectivity index (χ4v) is 3.55. The van der Waals surface area contributed by atoms with Crippen molar-refractivity contribution in [1.29, 1.82) is 0 Å². The first-order valence-electron chi connectivity index (χ1n) is 9.12. The van der Waals surface area contributed by atoms with E-state index in [1.807, 2.05) is 31.2 Å². The molecule has 27 heavy (non-hydrogen) atoms. The van der Waals surface area contributed by atoms with Gasteiger partial charge < -0.3 is 14.6 Å². The minimum absolute atomic E-state index is 0.00628. The molecule has 0 radical (unpaired) electrons. The normalized spacial score (nSPS) is 15.1. The number of fused-ring (bicyclic) bond motifs is 1. The maximum atomic E-state index is 12.9. The number of hydrogen-bond donors (Lipinski definition) is 1. The number of benzene rings is 1. The summed E-state index contributed by atoms with van der Waals surface area (Å²) in [6, 6.07) is 11.2. The molecular formula is C21H21N3O3. The predicted molar refractivity (Wildman–Crippen MR) is 102 cm³/mol. The zero-order valence-corrected chi connectivity index (χ0v) is 15.1. The van der Waals surface area contributed by atoms with Crippen LogP contribution in [0, 0.1) is 12.8 Å². The molecule has 1 saturated heterocycles. The van der Waals surface area contributed by atoms with Crippen LogP contribution in [0.5, 0.6) is 0 Å². The highest BCUT2D eigenvalue weighted by Gasteiger charge is 2.30. The molecule has 0 atom stereocenters. The fourth-order valence-electron chi connectivity index (χ4n) is 3.55. The van der Waals surface area contributed by atoms with E-state index in [4.69, 9.17) is 4.42 Å². The van der Waals surface area contributed by atoms with Crippen molar-refractivity contribution in [2.24, 2.45) is 5.92 Å². The number of para-hydroxylation sites is 1. The van der Waals surface area contributed by atoms with Crippen LogP contribution in [0.1, 0.15) is 29.0 Å². The number of nitrogens with one attached hydrogen (secondary N) is 1. The Hall–Kier alpha value is -3.15. The Balaban J connectivity index is 1.40. The van der Waals surface area contributed by atoms with Crippen LogP contribution in [-0.2, 0) is 4.79 Å².